The molecule has 0 aliphatic carbocycles. The van der Waals surface area contributed by atoms with Crippen molar-refractivity contribution in [1.29, 1.82) is 0 Å². The number of Topliss-reactive ketones (excluding diaryl/α,β-unsaturated/α-hetero) is 1. The van der Waals surface area contributed by atoms with Gasteiger partial charge >= 0.3 is 5.97 Å². The van der Waals surface area contributed by atoms with Crippen molar-refractivity contribution in [1.82, 2.24) is 4.90 Å². The molecule has 3 aromatic rings. The van der Waals surface area contributed by atoms with Crippen LogP contribution < -0.4 is 29.0 Å². The second kappa shape index (κ2) is 21.7. The number of nitrogens with zero attached hydrogens (tertiary/aromatic N) is 1. The lowest BCUT2D eigenvalue weighted by atomic mass is 9.88. The molecule has 0 aromatic heterocycles. The molecule has 0 saturated carbocycles. The fraction of sp³-hybridized carbons (Fsp3) is 0.500. The van der Waals surface area contributed by atoms with Crippen LogP contribution in [-0.2, 0) is 32.0 Å². The highest BCUT2D eigenvalue weighted by atomic mass is 16.5. The van der Waals surface area contributed by atoms with Crippen LogP contribution in [0.3, 0.4) is 0 Å². The van der Waals surface area contributed by atoms with Crippen LogP contribution >= 0.6 is 0 Å². The third kappa shape index (κ3) is 12.6. The summed E-state index contributed by atoms with van der Waals surface area (Å²) < 4.78 is 26.7. The highest BCUT2D eigenvalue weighted by Crippen LogP contribution is 2.41. The number of anilines is 1. The topological polar surface area (TPSA) is 150 Å². The van der Waals surface area contributed by atoms with E-state index in [0.717, 1.165) is 54.9 Å². The first-order valence-electron chi connectivity index (χ1n) is 19.2. The number of hydrogen-bond donors (Lipinski definition) is 2. The Morgan fingerprint density at radius 3 is 1.98 bits per heavy atom. The summed E-state index contributed by atoms with van der Waals surface area (Å²) in [6.45, 7) is 8.00. The number of carboxylic acids is 1. The van der Waals surface area contributed by atoms with Crippen molar-refractivity contribution >= 4 is 29.3 Å². The third-order valence-electron chi connectivity index (χ3n) is 9.87. The highest BCUT2D eigenvalue weighted by molar-refractivity contribution is 5.94. The summed E-state index contributed by atoms with van der Waals surface area (Å²) in [5, 5.41) is 12.4. The number of methoxy groups -OCH3 is 5. The average molecular weight is 779 g/mol. The zero-order valence-corrected chi connectivity index (χ0v) is 34.5. The quantitative estimate of drug-likeness (QED) is 0.138. The molecule has 308 valence electrons. The zero-order chi connectivity index (χ0) is 41.4. The van der Waals surface area contributed by atoms with E-state index in [2.05, 4.69) is 17.4 Å². The maximum Gasteiger partial charge on any atom is 0.326 e. The molecule has 2 amide bonds. The molecule has 1 heterocycles. The molecule has 12 nitrogen and oxygen atoms in total. The molecular weight excluding hydrogens is 716 g/mol. The Balaban J connectivity index is 0.000000390. The van der Waals surface area contributed by atoms with Gasteiger partial charge in [0.25, 0.3) is 0 Å². The number of benzene rings is 3. The van der Waals surface area contributed by atoms with Gasteiger partial charge in [-0.3, -0.25) is 14.4 Å². The van der Waals surface area contributed by atoms with Gasteiger partial charge in [0, 0.05) is 31.9 Å². The van der Waals surface area contributed by atoms with Gasteiger partial charge < -0.3 is 39.0 Å². The molecule has 1 saturated heterocycles. The first-order chi connectivity index (χ1) is 26.7. The molecule has 1 aliphatic heterocycles. The van der Waals surface area contributed by atoms with Crippen LogP contribution in [0, 0.1) is 5.41 Å². The number of rotatable bonds is 17. The monoisotopic (exact) mass is 778 g/mol. The van der Waals surface area contributed by atoms with E-state index in [1.54, 1.807) is 26.4 Å². The van der Waals surface area contributed by atoms with Crippen LogP contribution in [-0.4, -0.2) is 81.7 Å². The molecule has 0 bridgehead atoms. The van der Waals surface area contributed by atoms with E-state index in [-0.39, 0.29) is 31.9 Å². The number of ether oxygens (including phenoxy) is 5. The Morgan fingerprint density at radius 1 is 0.804 bits per heavy atom. The van der Waals surface area contributed by atoms with E-state index >= 15 is 0 Å². The number of piperidine rings is 1. The molecule has 2 N–H and O–H groups in total. The van der Waals surface area contributed by atoms with Gasteiger partial charge in [-0.25, -0.2) is 4.79 Å². The van der Waals surface area contributed by atoms with E-state index in [1.807, 2.05) is 58.0 Å². The number of likely N-dealkylation sites (tertiary alicyclic amines) is 1. The van der Waals surface area contributed by atoms with E-state index in [9.17, 15) is 24.3 Å². The maximum absolute atomic E-state index is 13.1. The van der Waals surface area contributed by atoms with E-state index in [1.165, 1.54) is 37.4 Å². The minimum absolute atomic E-state index is 0. The number of carbonyl (C=O) groups is 4. The van der Waals surface area contributed by atoms with Gasteiger partial charge in [0.1, 0.15) is 11.8 Å². The van der Waals surface area contributed by atoms with Gasteiger partial charge in [-0.1, -0.05) is 45.9 Å². The number of hydrogen-bond acceptors (Lipinski definition) is 9. The first-order valence-corrected chi connectivity index (χ1v) is 19.2. The fourth-order valence-corrected chi connectivity index (χ4v) is 6.67. The highest BCUT2D eigenvalue weighted by Gasteiger charge is 2.36. The van der Waals surface area contributed by atoms with Crippen LogP contribution in [0.25, 0.3) is 0 Å². The van der Waals surface area contributed by atoms with Crippen molar-refractivity contribution in [3.8, 4) is 28.7 Å². The largest absolute Gasteiger partial charge is 0.493 e. The number of nitrogens with one attached hydrogen (secondary N) is 1. The smallest absolute Gasteiger partial charge is 0.326 e. The second-order valence-electron chi connectivity index (χ2n) is 14.8. The molecule has 1 aliphatic rings. The van der Waals surface area contributed by atoms with E-state index in [0.29, 0.717) is 36.6 Å². The molecule has 2 atom stereocenters. The lowest BCUT2D eigenvalue weighted by molar-refractivity contribution is -0.152. The molecule has 3 aromatic carbocycles. The van der Waals surface area contributed by atoms with Crippen molar-refractivity contribution < 1.29 is 49.4 Å². The number of amides is 2. The third-order valence-corrected chi connectivity index (χ3v) is 9.87. The van der Waals surface area contributed by atoms with Gasteiger partial charge in [-0.15, -0.1) is 0 Å². The number of aryl methyl sites for hydroxylation is 2. The number of aliphatic carboxylic acids is 1. The molecule has 0 unspecified atom stereocenters. The predicted octanol–water partition coefficient (Wildman–Crippen LogP) is 8.13. The van der Waals surface area contributed by atoms with Gasteiger partial charge in [-0.2, -0.15) is 0 Å². The van der Waals surface area contributed by atoms with E-state index < -0.39 is 23.3 Å². The van der Waals surface area contributed by atoms with Gasteiger partial charge in [-0.05, 0) is 98.0 Å². The predicted molar refractivity (Wildman–Crippen MR) is 219 cm³/mol. The van der Waals surface area contributed by atoms with Crippen molar-refractivity contribution in [2.45, 2.75) is 97.4 Å². The van der Waals surface area contributed by atoms with Crippen LogP contribution in [0.2, 0.25) is 0 Å². The van der Waals surface area contributed by atoms with Crippen LogP contribution in [0.1, 0.15) is 96.7 Å². The lowest BCUT2D eigenvalue weighted by Crippen LogP contribution is -2.49. The van der Waals surface area contributed by atoms with Crippen molar-refractivity contribution in [2.24, 2.45) is 5.41 Å². The SMILES string of the molecule is CC[C@H](C(=O)N1CCCC[C@H]1C(=O)O)c1cc(OC)c(OC)c(OC)c1.COc1ccc(CCCc2cccc(NC(=O)CCC(=O)C(C)(C)C)c2)cc1OC.[HH]. The normalized spacial score (nSPS) is 14.4. The molecule has 0 radical (unpaired) electrons. The van der Waals surface area contributed by atoms with Gasteiger partial charge in [0.2, 0.25) is 17.6 Å². The Labute approximate surface area is 333 Å². The maximum atomic E-state index is 13.1. The Bertz CT molecular complexity index is 1770. The van der Waals surface area contributed by atoms with Gasteiger partial charge in [0.15, 0.2) is 23.0 Å². The summed E-state index contributed by atoms with van der Waals surface area (Å²) in [5.41, 5.74) is 3.45. The second-order valence-corrected chi connectivity index (χ2v) is 14.8. The summed E-state index contributed by atoms with van der Waals surface area (Å²) in [5.74, 6) is 1.26. The molecule has 12 heteroatoms. The molecular formula is C44H62N2O10. The van der Waals surface area contributed by atoms with Crippen molar-refractivity contribution in [2.75, 3.05) is 47.4 Å². The van der Waals surface area contributed by atoms with Crippen molar-refractivity contribution in [3.05, 3.63) is 71.3 Å². The fourth-order valence-electron chi connectivity index (χ4n) is 6.67. The standard InChI is InChI=1S/C25H33NO4.C19H27NO6.H2/c1-25(2,3)23(27)14-15-24(28)26-20-11-7-10-18(16-20)8-6-9-19-12-13-21(29-4)22(17-19)30-5;1-5-13(18(21)20-9-7-6-8-14(20)19(22)23)12-10-15(24-2)17(26-4)16(11-12)25-3;/h7,10-13,16-17H,6,8-9,14-15H2,1-5H3,(H,26,28);10-11,13-14H,5-9H2,1-4H3,(H,22,23);1H/t;13-,14-;/m.0./s1. The first kappa shape index (κ1) is 45.1. The summed E-state index contributed by atoms with van der Waals surface area (Å²) >= 11 is 0. The number of ketones is 1. The lowest BCUT2D eigenvalue weighted by Gasteiger charge is -2.35. The average Bonchev–Trinajstić information content (AvgIpc) is 3.19. The summed E-state index contributed by atoms with van der Waals surface area (Å²) in [6.07, 6.45) is 5.95. The Kier molecular flexibility index (Phi) is 17.5. The molecule has 1 fully saturated rings. The Hall–Kier alpha value is -5.26. The number of carboxylic acid groups (broad SMARTS) is 1. The summed E-state index contributed by atoms with van der Waals surface area (Å²) in [7, 11) is 7.84. The molecule has 56 heavy (non-hydrogen) atoms. The summed E-state index contributed by atoms with van der Waals surface area (Å²) in [4.78, 5) is 50.4. The zero-order valence-electron chi connectivity index (χ0n) is 34.5. The van der Waals surface area contributed by atoms with Crippen molar-refractivity contribution in [3.63, 3.8) is 0 Å². The number of carbonyl (C=O) groups excluding carboxylic acids is 3. The minimum atomic E-state index is -0.946. The van der Waals surface area contributed by atoms with Gasteiger partial charge in [0.05, 0.1) is 41.5 Å². The molecule has 0 spiro atoms. The van der Waals surface area contributed by atoms with Crippen LogP contribution in [0.15, 0.2) is 54.6 Å². The van der Waals surface area contributed by atoms with Crippen LogP contribution in [0.5, 0.6) is 28.7 Å². The Morgan fingerprint density at radius 2 is 1.43 bits per heavy atom. The summed E-state index contributed by atoms with van der Waals surface area (Å²) in [6, 6.07) is 16.6. The molecule has 4 rings (SSSR count). The van der Waals surface area contributed by atoms with Crippen LogP contribution in [0.4, 0.5) is 5.69 Å². The van der Waals surface area contributed by atoms with E-state index in [4.69, 9.17) is 23.7 Å². The minimum Gasteiger partial charge on any atom is -0.493 e.